The van der Waals surface area contributed by atoms with Crippen LogP contribution in [0.5, 0.6) is 0 Å². The van der Waals surface area contributed by atoms with Gasteiger partial charge in [-0.15, -0.1) is 0 Å². The second kappa shape index (κ2) is 17.4. The van der Waals surface area contributed by atoms with Crippen LogP contribution in [0, 0.1) is 0 Å². The van der Waals surface area contributed by atoms with E-state index >= 15 is 0 Å². The average Bonchev–Trinajstić information content (AvgIpc) is 2.27. The third-order valence-electron chi connectivity index (χ3n) is 0.817. The van der Waals surface area contributed by atoms with Crippen molar-refractivity contribution < 1.29 is 24.2 Å². The summed E-state index contributed by atoms with van der Waals surface area (Å²) < 4.78 is 8.51. The minimum atomic E-state index is -0.810. The van der Waals surface area contributed by atoms with Gasteiger partial charge in [0.2, 0.25) is 0 Å². The zero-order valence-corrected chi connectivity index (χ0v) is 11.0. The number of rotatable bonds is 4. The molecule has 0 unspecified atom stereocenters. The van der Waals surface area contributed by atoms with Gasteiger partial charge in [-0.25, -0.2) is 4.79 Å². The number of aliphatic hydroxyl groups is 1. The Bertz CT molecular complexity index is 297. The SMILES string of the molecule is C=CCOC(=O)C(=C)O.C=CCl.C=COC(C)=O. The maximum absolute atomic E-state index is 10.3. The van der Waals surface area contributed by atoms with E-state index in [2.05, 4.69) is 35.8 Å². The van der Waals surface area contributed by atoms with E-state index in [0.717, 1.165) is 6.26 Å². The molecule has 0 rings (SSSR count). The summed E-state index contributed by atoms with van der Waals surface area (Å²) in [5, 5.41) is 8.34. The first-order chi connectivity index (χ1) is 8.37. The molecule has 0 aromatic heterocycles. The molecule has 18 heavy (non-hydrogen) atoms. The fraction of sp³-hybridized carbons (Fsp3) is 0.167. The lowest BCUT2D eigenvalue weighted by Crippen LogP contribution is -2.05. The molecule has 0 amide bonds. The predicted octanol–water partition coefficient (Wildman–Crippen LogP) is 2.85. The highest BCUT2D eigenvalue weighted by Gasteiger charge is 2.02. The molecule has 0 aromatic carbocycles. The fourth-order valence-corrected chi connectivity index (χ4v) is 0.335. The van der Waals surface area contributed by atoms with Gasteiger partial charge in [-0.2, -0.15) is 0 Å². The fourth-order valence-electron chi connectivity index (χ4n) is 0.335. The van der Waals surface area contributed by atoms with E-state index in [-0.39, 0.29) is 12.6 Å². The Kier molecular flexibility index (Phi) is 20.6. The van der Waals surface area contributed by atoms with E-state index < -0.39 is 11.7 Å². The number of esters is 2. The van der Waals surface area contributed by atoms with E-state index in [1.54, 1.807) is 0 Å². The molecule has 0 atom stereocenters. The van der Waals surface area contributed by atoms with Crippen molar-refractivity contribution >= 4 is 23.5 Å². The highest BCUT2D eigenvalue weighted by Crippen LogP contribution is 1.87. The van der Waals surface area contributed by atoms with Crippen molar-refractivity contribution in [1.82, 2.24) is 0 Å². The quantitative estimate of drug-likeness (QED) is 0.370. The smallest absolute Gasteiger partial charge is 0.373 e. The number of carbonyl (C=O) groups excluding carboxylic acids is 2. The Morgan fingerprint density at radius 3 is 1.94 bits per heavy atom. The molecule has 0 fully saturated rings. The van der Waals surface area contributed by atoms with E-state index in [1.165, 1.54) is 18.5 Å². The number of hydrogen-bond acceptors (Lipinski definition) is 5. The summed E-state index contributed by atoms with van der Waals surface area (Å²) in [6.45, 7) is 14.0. The molecule has 0 aliphatic rings. The van der Waals surface area contributed by atoms with Crippen LogP contribution in [0.2, 0.25) is 0 Å². The predicted molar refractivity (Wildman–Crippen MR) is 70.9 cm³/mol. The normalized spacial score (nSPS) is 7.00. The van der Waals surface area contributed by atoms with Crippen molar-refractivity contribution in [3.8, 4) is 0 Å². The molecular formula is C12H17ClO5. The molecule has 1 N–H and O–H groups in total. The second-order valence-electron chi connectivity index (χ2n) is 2.26. The van der Waals surface area contributed by atoms with Crippen molar-refractivity contribution in [2.45, 2.75) is 6.92 Å². The van der Waals surface area contributed by atoms with Gasteiger partial charge in [-0.05, 0) is 12.1 Å². The zero-order valence-electron chi connectivity index (χ0n) is 10.2. The first-order valence-electron chi connectivity index (χ1n) is 4.52. The standard InChI is InChI=1S/C6H8O3.C4H6O2.C2H3Cl/c1-3-4-9-6(8)5(2)7;1-3-6-4(2)5;1-2-3/h3,7H,1-2,4H2;3H,1H2,2H3;2H,1H2. The first-order valence-corrected chi connectivity index (χ1v) is 4.96. The third-order valence-corrected chi connectivity index (χ3v) is 0.817. The molecule has 0 saturated heterocycles. The van der Waals surface area contributed by atoms with Crippen LogP contribution in [0.4, 0.5) is 0 Å². The molecule has 5 nitrogen and oxygen atoms in total. The highest BCUT2D eigenvalue weighted by atomic mass is 35.5. The van der Waals surface area contributed by atoms with Gasteiger partial charge in [0.15, 0.2) is 5.76 Å². The minimum Gasteiger partial charge on any atom is -0.502 e. The van der Waals surface area contributed by atoms with E-state index in [9.17, 15) is 9.59 Å². The summed E-state index contributed by atoms with van der Waals surface area (Å²) >= 11 is 4.76. The van der Waals surface area contributed by atoms with Gasteiger partial charge in [-0.1, -0.05) is 37.4 Å². The Balaban J connectivity index is -0.000000216. The second-order valence-corrected chi connectivity index (χ2v) is 2.57. The molecule has 0 aromatic rings. The van der Waals surface area contributed by atoms with Crippen LogP contribution < -0.4 is 0 Å². The molecule has 0 heterocycles. The minimum absolute atomic E-state index is 0.0956. The van der Waals surface area contributed by atoms with E-state index in [4.69, 9.17) is 16.7 Å². The Hall–Kier alpha value is -2.01. The van der Waals surface area contributed by atoms with Crippen LogP contribution in [-0.2, 0) is 19.1 Å². The summed E-state index contributed by atoms with van der Waals surface area (Å²) in [5.41, 5.74) is 1.22. The number of ether oxygens (including phenoxy) is 2. The van der Waals surface area contributed by atoms with E-state index in [0.29, 0.717) is 0 Å². The van der Waals surface area contributed by atoms with Gasteiger partial charge in [0, 0.05) is 6.92 Å². The largest absolute Gasteiger partial charge is 0.502 e. The summed E-state index contributed by atoms with van der Waals surface area (Å²) in [6.07, 6.45) is 2.50. The number of carbonyl (C=O) groups is 2. The van der Waals surface area contributed by atoms with Crippen LogP contribution in [-0.4, -0.2) is 23.7 Å². The lowest BCUT2D eigenvalue weighted by atomic mass is 10.6. The lowest BCUT2D eigenvalue weighted by Gasteiger charge is -1.96. The van der Waals surface area contributed by atoms with Crippen LogP contribution in [0.3, 0.4) is 0 Å². The molecule has 6 heteroatoms. The van der Waals surface area contributed by atoms with Crippen molar-refractivity contribution in [1.29, 1.82) is 0 Å². The molecule has 0 bridgehead atoms. The molecule has 0 spiro atoms. The molecule has 0 aliphatic heterocycles. The molecular weight excluding hydrogens is 260 g/mol. The van der Waals surface area contributed by atoms with Gasteiger partial charge in [0.1, 0.15) is 6.61 Å². The average molecular weight is 277 g/mol. The molecule has 0 aliphatic carbocycles. The van der Waals surface area contributed by atoms with Gasteiger partial charge in [0.05, 0.1) is 6.26 Å². The maximum atomic E-state index is 10.3. The van der Waals surface area contributed by atoms with Crippen molar-refractivity contribution in [2.24, 2.45) is 0 Å². The number of halogens is 1. The van der Waals surface area contributed by atoms with Gasteiger partial charge in [0.25, 0.3) is 0 Å². The lowest BCUT2D eigenvalue weighted by molar-refractivity contribution is -0.140. The zero-order chi connectivity index (χ0) is 15.0. The van der Waals surface area contributed by atoms with Crippen LogP contribution >= 0.6 is 11.6 Å². The Labute approximate surface area is 112 Å². The first kappa shape index (κ1) is 21.3. The summed E-state index contributed by atoms with van der Waals surface area (Å²) in [6, 6.07) is 0. The van der Waals surface area contributed by atoms with Crippen molar-refractivity contribution in [2.75, 3.05) is 6.61 Å². The number of hydrogen-bond donors (Lipinski definition) is 1. The maximum Gasteiger partial charge on any atom is 0.373 e. The van der Waals surface area contributed by atoms with E-state index in [1.807, 2.05) is 0 Å². The van der Waals surface area contributed by atoms with Crippen molar-refractivity contribution in [3.05, 3.63) is 49.9 Å². The van der Waals surface area contributed by atoms with Crippen LogP contribution in [0.1, 0.15) is 6.92 Å². The molecule has 0 saturated carbocycles. The summed E-state index contributed by atoms with van der Waals surface area (Å²) in [5.74, 6) is -1.73. The third kappa shape index (κ3) is 29.2. The van der Waals surface area contributed by atoms with Crippen LogP contribution in [0.15, 0.2) is 49.9 Å². The summed E-state index contributed by atoms with van der Waals surface area (Å²) in [4.78, 5) is 20.0. The number of aliphatic hydroxyl groups excluding tert-OH is 1. The Morgan fingerprint density at radius 1 is 1.33 bits per heavy atom. The highest BCUT2D eigenvalue weighted by molar-refractivity contribution is 6.25. The monoisotopic (exact) mass is 276 g/mol. The molecule has 0 radical (unpaired) electrons. The van der Waals surface area contributed by atoms with Gasteiger partial charge >= 0.3 is 11.9 Å². The van der Waals surface area contributed by atoms with Gasteiger partial charge < -0.3 is 14.6 Å². The summed E-state index contributed by atoms with van der Waals surface area (Å²) in [7, 11) is 0. The van der Waals surface area contributed by atoms with Crippen molar-refractivity contribution in [3.63, 3.8) is 0 Å². The Morgan fingerprint density at radius 2 is 1.78 bits per heavy atom. The topological polar surface area (TPSA) is 72.8 Å². The molecule has 102 valence electrons. The van der Waals surface area contributed by atoms with Crippen LogP contribution in [0.25, 0.3) is 0 Å². The van der Waals surface area contributed by atoms with Gasteiger partial charge in [-0.3, -0.25) is 4.79 Å².